The van der Waals surface area contributed by atoms with Crippen LogP contribution in [-0.2, 0) is 9.57 Å². The minimum absolute atomic E-state index is 0.134. The molecule has 3 rings (SSSR count). The monoisotopic (exact) mass is 419 g/mol. The second-order valence-corrected chi connectivity index (χ2v) is 6.56. The number of nitrogens with zero attached hydrogens (tertiary/aromatic N) is 1. The van der Waals surface area contributed by atoms with Crippen LogP contribution in [0.5, 0.6) is 11.5 Å². The van der Waals surface area contributed by atoms with Crippen molar-refractivity contribution in [1.29, 1.82) is 0 Å². The fourth-order valence-corrected chi connectivity index (χ4v) is 2.81. The van der Waals surface area contributed by atoms with E-state index < -0.39 is 0 Å². The fourth-order valence-electron chi connectivity index (χ4n) is 2.54. The molecule has 2 aromatic carbocycles. The second-order valence-electron chi connectivity index (χ2n) is 5.64. The van der Waals surface area contributed by atoms with Gasteiger partial charge in [0, 0.05) is 16.5 Å². The van der Waals surface area contributed by atoms with Crippen molar-refractivity contribution in [2.45, 2.75) is 12.5 Å². The van der Waals surface area contributed by atoms with Crippen molar-refractivity contribution >= 4 is 27.6 Å². The highest BCUT2D eigenvalue weighted by atomic mass is 79.9. The third kappa shape index (κ3) is 4.16. The molecule has 1 aliphatic heterocycles. The summed E-state index contributed by atoms with van der Waals surface area (Å²) in [6.45, 7) is 0.134. The van der Waals surface area contributed by atoms with E-state index in [0.717, 1.165) is 15.7 Å². The number of methoxy groups -OCH3 is 2. The van der Waals surface area contributed by atoms with E-state index in [1.165, 1.54) is 0 Å². The summed E-state index contributed by atoms with van der Waals surface area (Å²) in [7, 11) is 3.17. The van der Waals surface area contributed by atoms with Crippen LogP contribution in [0.2, 0.25) is 0 Å². The van der Waals surface area contributed by atoms with Crippen LogP contribution in [0.25, 0.3) is 0 Å². The minimum atomic E-state index is -0.388. The topological polar surface area (TPSA) is 66.3 Å². The van der Waals surface area contributed by atoms with Gasteiger partial charge >= 0.3 is 5.97 Å². The van der Waals surface area contributed by atoms with Gasteiger partial charge in [0.05, 0.1) is 25.5 Å². The molecule has 0 unspecified atom stereocenters. The summed E-state index contributed by atoms with van der Waals surface area (Å²) in [6.07, 6.45) is 0.237. The lowest BCUT2D eigenvalue weighted by atomic mass is 10.0. The van der Waals surface area contributed by atoms with Crippen molar-refractivity contribution in [2.24, 2.45) is 5.16 Å². The predicted molar refractivity (Wildman–Crippen MR) is 100.0 cm³/mol. The lowest BCUT2D eigenvalue weighted by molar-refractivity contribution is 0.00686. The van der Waals surface area contributed by atoms with Gasteiger partial charge in [-0.25, -0.2) is 4.79 Å². The van der Waals surface area contributed by atoms with E-state index in [1.54, 1.807) is 38.5 Å². The van der Waals surface area contributed by atoms with Crippen LogP contribution in [0.3, 0.4) is 0 Å². The second kappa shape index (κ2) is 8.23. The van der Waals surface area contributed by atoms with Gasteiger partial charge < -0.3 is 19.0 Å². The van der Waals surface area contributed by atoms with Crippen LogP contribution < -0.4 is 9.47 Å². The highest BCUT2D eigenvalue weighted by Crippen LogP contribution is 2.29. The van der Waals surface area contributed by atoms with Crippen LogP contribution in [0, 0.1) is 0 Å². The zero-order valence-corrected chi connectivity index (χ0v) is 16.0. The van der Waals surface area contributed by atoms with E-state index >= 15 is 0 Å². The largest absolute Gasteiger partial charge is 0.493 e. The minimum Gasteiger partial charge on any atom is -0.493 e. The van der Waals surface area contributed by atoms with Crippen molar-refractivity contribution in [2.75, 3.05) is 20.8 Å². The molecule has 0 radical (unpaired) electrons. The summed E-state index contributed by atoms with van der Waals surface area (Å²) in [5.41, 5.74) is 2.15. The summed E-state index contributed by atoms with van der Waals surface area (Å²) >= 11 is 3.33. The molecule has 0 aromatic heterocycles. The lowest BCUT2D eigenvalue weighted by Crippen LogP contribution is -2.19. The molecule has 1 heterocycles. The maximum Gasteiger partial charge on any atom is 0.338 e. The van der Waals surface area contributed by atoms with Gasteiger partial charge in [0.15, 0.2) is 17.6 Å². The Morgan fingerprint density at radius 2 is 1.88 bits per heavy atom. The van der Waals surface area contributed by atoms with E-state index in [2.05, 4.69) is 21.1 Å². The highest BCUT2D eigenvalue weighted by molar-refractivity contribution is 9.10. The van der Waals surface area contributed by atoms with Crippen LogP contribution in [-0.4, -0.2) is 38.6 Å². The maximum absolute atomic E-state index is 12.1. The summed E-state index contributed by atoms with van der Waals surface area (Å²) in [4.78, 5) is 17.4. The molecule has 0 saturated carbocycles. The van der Waals surface area contributed by atoms with Gasteiger partial charge in [-0.15, -0.1) is 0 Å². The average Bonchev–Trinajstić information content (AvgIpc) is 3.15. The van der Waals surface area contributed by atoms with Gasteiger partial charge in [-0.05, 0) is 42.5 Å². The Morgan fingerprint density at radius 3 is 2.58 bits per heavy atom. The third-order valence-electron chi connectivity index (χ3n) is 3.93. The molecular weight excluding hydrogens is 402 g/mol. The number of benzene rings is 2. The van der Waals surface area contributed by atoms with E-state index in [0.29, 0.717) is 23.5 Å². The Bertz CT molecular complexity index is 819. The number of esters is 1. The van der Waals surface area contributed by atoms with Gasteiger partial charge in [-0.2, -0.15) is 0 Å². The number of halogens is 1. The summed E-state index contributed by atoms with van der Waals surface area (Å²) < 4.78 is 16.8. The van der Waals surface area contributed by atoms with Gasteiger partial charge in [0.1, 0.15) is 6.61 Å². The molecule has 0 fully saturated rings. The predicted octanol–water partition coefficient (Wildman–Crippen LogP) is 3.82. The molecule has 136 valence electrons. The maximum atomic E-state index is 12.1. The van der Waals surface area contributed by atoms with E-state index in [1.807, 2.05) is 18.2 Å². The lowest BCUT2D eigenvalue weighted by Gasteiger charge is -2.10. The first-order valence-electron chi connectivity index (χ1n) is 7.98. The Hall–Kier alpha value is -2.54. The molecule has 0 amide bonds. The standard InChI is InChI=1S/C19H18BrNO5/c1-23-17-8-5-13(9-18(17)24-2)16-10-15(26-21-16)11-25-19(22)12-3-6-14(20)7-4-12/h3-9,15H,10-11H2,1-2H3/t15-/m1/s1. The summed E-state index contributed by atoms with van der Waals surface area (Å²) in [5, 5.41) is 4.10. The molecule has 0 N–H and O–H groups in total. The smallest absolute Gasteiger partial charge is 0.338 e. The molecule has 0 saturated heterocycles. The van der Waals surface area contributed by atoms with Crippen LogP contribution in [0.15, 0.2) is 52.1 Å². The molecule has 0 spiro atoms. The first-order chi connectivity index (χ1) is 12.6. The summed E-state index contributed by atoms with van der Waals surface area (Å²) in [5.74, 6) is 0.884. The number of hydrogen-bond acceptors (Lipinski definition) is 6. The molecule has 7 heteroatoms. The summed E-state index contributed by atoms with van der Waals surface area (Å²) in [6, 6.07) is 12.5. The van der Waals surface area contributed by atoms with Gasteiger partial charge in [0.25, 0.3) is 0 Å². The van der Waals surface area contributed by atoms with E-state index in [-0.39, 0.29) is 18.7 Å². The molecule has 0 bridgehead atoms. The zero-order valence-electron chi connectivity index (χ0n) is 14.4. The normalized spacial score (nSPS) is 15.8. The van der Waals surface area contributed by atoms with E-state index in [9.17, 15) is 4.79 Å². The van der Waals surface area contributed by atoms with Crippen LogP contribution in [0.1, 0.15) is 22.3 Å². The SMILES string of the molecule is COc1ccc(C2=NO[C@@H](COC(=O)c3ccc(Br)cc3)C2)cc1OC. The number of ether oxygens (including phenoxy) is 3. The molecular formula is C19H18BrNO5. The molecule has 1 aliphatic rings. The highest BCUT2D eigenvalue weighted by Gasteiger charge is 2.24. The number of hydrogen-bond donors (Lipinski definition) is 0. The van der Waals surface area contributed by atoms with Crippen molar-refractivity contribution in [1.82, 2.24) is 0 Å². The quantitative estimate of drug-likeness (QED) is 0.665. The Morgan fingerprint density at radius 1 is 1.15 bits per heavy atom. The fraction of sp³-hybridized carbons (Fsp3) is 0.263. The Balaban J connectivity index is 1.56. The van der Waals surface area contributed by atoms with Gasteiger partial charge in [-0.1, -0.05) is 21.1 Å². The number of oxime groups is 1. The van der Waals surface area contributed by atoms with Crippen LogP contribution in [0.4, 0.5) is 0 Å². The third-order valence-corrected chi connectivity index (χ3v) is 4.46. The number of rotatable bonds is 6. The van der Waals surface area contributed by atoms with Crippen molar-refractivity contribution in [3.63, 3.8) is 0 Å². The van der Waals surface area contributed by atoms with E-state index in [4.69, 9.17) is 19.0 Å². The molecule has 0 aliphatic carbocycles. The van der Waals surface area contributed by atoms with Crippen molar-refractivity contribution in [3.8, 4) is 11.5 Å². The van der Waals surface area contributed by atoms with Crippen molar-refractivity contribution in [3.05, 3.63) is 58.1 Å². The number of carbonyl (C=O) groups is 1. The van der Waals surface area contributed by atoms with Gasteiger partial charge in [-0.3, -0.25) is 0 Å². The number of carbonyl (C=O) groups excluding carboxylic acids is 1. The first kappa shape index (κ1) is 18.3. The van der Waals surface area contributed by atoms with Crippen LogP contribution >= 0.6 is 15.9 Å². The first-order valence-corrected chi connectivity index (χ1v) is 8.77. The molecule has 2 aromatic rings. The molecule has 26 heavy (non-hydrogen) atoms. The Kier molecular flexibility index (Phi) is 5.78. The molecule has 1 atom stereocenters. The zero-order chi connectivity index (χ0) is 18.5. The van der Waals surface area contributed by atoms with Gasteiger partial charge in [0.2, 0.25) is 0 Å². The average molecular weight is 420 g/mol. The van der Waals surface area contributed by atoms with Crippen molar-refractivity contribution < 1.29 is 23.8 Å². The molecule has 6 nitrogen and oxygen atoms in total. The Labute approximate surface area is 159 Å².